The summed E-state index contributed by atoms with van der Waals surface area (Å²) in [5.74, 6) is -14.6. The lowest BCUT2D eigenvalue weighted by Crippen LogP contribution is -2.37. The molecule has 0 heterocycles. The summed E-state index contributed by atoms with van der Waals surface area (Å²) in [5, 5.41) is 2.09. The fraction of sp³-hybridized carbons (Fsp3) is 0.278. The van der Waals surface area contributed by atoms with Crippen LogP contribution in [0.2, 0.25) is 0 Å². The lowest BCUT2D eigenvalue weighted by Gasteiger charge is -2.24. The Labute approximate surface area is 187 Å². The molecule has 0 spiro atoms. The van der Waals surface area contributed by atoms with Crippen LogP contribution >= 0.6 is 30.3 Å². The quantitative estimate of drug-likeness (QED) is 0.0789. The van der Waals surface area contributed by atoms with Gasteiger partial charge in [0.25, 0.3) is 0 Å². The summed E-state index contributed by atoms with van der Waals surface area (Å²) in [6, 6.07) is 5.66. The van der Waals surface area contributed by atoms with Crippen LogP contribution in [0.4, 0.5) is 22.0 Å². The highest BCUT2D eigenvalue weighted by Crippen LogP contribution is 2.47. The van der Waals surface area contributed by atoms with E-state index in [2.05, 4.69) is 9.61 Å². The van der Waals surface area contributed by atoms with E-state index in [9.17, 15) is 31.3 Å². The van der Waals surface area contributed by atoms with Crippen molar-refractivity contribution in [1.82, 2.24) is 5.09 Å². The van der Waals surface area contributed by atoms with Crippen LogP contribution < -0.4 is 14.1 Å². The second-order valence-electron chi connectivity index (χ2n) is 6.00. The molecule has 31 heavy (non-hydrogen) atoms. The number of ether oxygens (including phenoxy) is 1. The van der Waals surface area contributed by atoms with Crippen molar-refractivity contribution >= 4 is 36.3 Å². The molecule has 0 aliphatic heterocycles. The number of carbonyl (C=O) groups excluding carboxylic acids is 1. The molecule has 0 fully saturated rings. The van der Waals surface area contributed by atoms with E-state index in [0.29, 0.717) is 6.42 Å². The van der Waals surface area contributed by atoms with E-state index in [0.717, 1.165) is 0 Å². The highest BCUT2D eigenvalue weighted by Gasteiger charge is 2.38. The Morgan fingerprint density at radius 3 is 2.03 bits per heavy atom. The third-order valence-corrected chi connectivity index (χ3v) is 6.33. The van der Waals surface area contributed by atoms with E-state index in [4.69, 9.17) is 9.26 Å². The number of nitrogens with one attached hydrogen (secondary N) is 1. The molecule has 170 valence electrons. The van der Waals surface area contributed by atoms with Crippen molar-refractivity contribution in [2.24, 2.45) is 0 Å². The van der Waals surface area contributed by atoms with Crippen molar-refractivity contribution in [3.8, 4) is 11.5 Å². The normalized spacial score (nSPS) is 15.0. The molecule has 0 amide bonds. The average Bonchev–Trinajstić information content (AvgIpc) is 2.74. The number of benzene rings is 2. The van der Waals surface area contributed by atoms with E-state index >= 15 is 0 Å². The lowest BCUT2D eigenvalue weighted by molar-refractivity contribution is -0.146. The van der Waals surface area contributed by atoms with Crippen molar-refractivity contribution in [2.75, 3.05) is 0 Å². The number of carbonyl (C=O) groups is 1. The van der Waals surface area contributed by atoms with Gasteiger partial charge in [0.1, 0.15) is 11.8 Å². The fourth-order valence-corrected chi connectivity index (χ4v) is 3.85. The molecular formula is C18H16F5INO5P. The minimum absolute atomic E-state index is 0.136. The van der Waals surface area contributed by atoms with Gasteiger partial charge in [0, 0.05) is 0 Å². The molecule has 6 nitrogen and oxygen atoms in total. The first-order valence-corrected chi connectivity index (χ1v) is 11.5. The van der Waals surface area contributed by atoms with Crippen LogP contribution in [0.3, 0.4) is 0 Å². The third kappa shape index (κ3) is 6.30. The first-order valence-electron chi connectivity index (χ1n) is 8.67. The van der Waals surface area contributed by atoms with Gasteiger partial charge in [-0.15, -0.1) is 0 Å². The number of para-hydroxylation sites is 1. The second-order valence-corrected chi connectivity index (χ2v) is 9.01. The summed E-state index contributed by atoms with van der Waals surface area (Å²) in [7, 11) is -4.92. The molecule has 0 saturated carbocycles. The maximum absolute atomic E-state index is 14.0. The SMILES string of the molecule is CCC(I)OC(=O)[C@H](C)NP(=O)(Oc1ccccc1)Oc1c(F)c(F)c(F)c(F)c1F. The Balaban J connectivity index is 2.42. The predicted molar refractivity (Wildman–Crippen MR) is 108 cm³/mol. The lowest BCUT2D eigenvalue weighted by atomic mass is 10.3. The molecule has 2 aromatic carbocycles. The van der Waals surface area contributed by atoms with Gasteiger partial charge in [-0.25, -0.2) is 17.7 Å². The molecule has 2 aromatic rings. The van der Waals surface area contributed by atoms with Crippen molar-refractivity contribution < 1.29 is 45.1 Å². The van der Waals surface area contributed by atoms with E-state index in [1.54, 1.807) is 13.0 Å². The minimum atomic E-state index is -4.92. The molecule has 0 saturated heterocycles. The molecule has 0 aliphatic rings. The smallest absolute Gasteiger partial charge is 0.451 e. The van der Waals surface area contributed by atoms with E-state index in [1.165, 1.54) is 31.2 Å². The van der Waals surface area contributed by atoms with Crippen LogP contribution in [-0.4, -0.2) is 16.1 Å². The van der Waals surface area contributed by atoms with Crippen LogP contribution in [0.25, 0.3) is 0 Å². The van der Waals surface area contributed by atoms with Gasteiger partial charge in [0.2, 0.25) is 34.8 Å². The van der Waals surface area contributed by atoms with Crippen molar-refractivity contribution in [2.45, 2.75) is 30.4 Å². The van der Waals surface area contributed by atoms with Crippen LogP contribution in [0, 0.1) is 29.1 Å². The third-order valence-electron chi connectivity index (χ3n) is 3.62. The van der Waals surface area contributed by atoms with Crippen LogP contribution in [-0.2, 0) is 14.1 Å². The van der Waals surface area contributed by atoms with Gasteiger partial charge in [-0.2, -0.15) is 13.9 Å². The maximum Gasteiger partial charge on any atom is 0.513 e. The summed E-state index contributed by atoms with van der Waals surface area (Å²) in [4.78, 5) is 12.1. The number of halogens is 6. The number of hydrogen-bond acceptors (Lipinski definition) is 5. The Morgan fingerprint density at radius 2 is 1.52 bits per heavy atom. The van der Waals surface area contributed by atoms with Gasteiger partial charge in [0.15, 0.2) is 4.11 Å². The van der Waals surface area contributed by atoms with Crippen LogP contribution in [0.1, 0.15) is 20.3 Å². The molecule has 1 N–H and O–H groups in total. The topological polar surface area (TPSA) is 73.9 Å². The molecule has 13 heteroatoms. The molecular weight excluding hydrogens is 563 g/mol. The summed E-state index contributed by atoms with van der Waals surface area (Å²) in [6.07, 6.45) is 0.457. The Kier molecular flexibility index (Phi) is 8.66. The van der Waals surface area contributed by atoms with Gasteiger partial charge >= 0.3 is 13.7 Å². The zero-order chi connectivity index (χ0) is 23.3. The van der Waals surface area contributed by atoms with Gasteiger partial charge in [0.05, 0.1) is 0 Å². The molecule has 3 atom stereocenters. The fourth-order valence-electron chi connectivity index (χ4n) is 2.08. The molecule has 0 aromatic heterocycles. The largest absolute Gasteiger partial charge is 0.513 e. The van der Waals surface area contributed by atoms with E-state index in [-0.39, 0.29) is 5.75 Å². The monoisotopic (exact) mass is 579 g/mol. The molecule has 0 radical (unpaired) electrons. The first kappa shape index (κ1) is 25.3. The Morgan fingerprint density at radius 1 is 1.00 bits per heavy atom. The first-order chi connectivity index (χ1) is 14.5. The zero-order valence-electron chi connectivity index (χ0n) is 16.0. The highest BCUT2D eigenvalue weighted by atomic mass is 127. The molecule has 0 bridgehead atoms. The van der Waals surface area contributed by atoms with Gasteiger partial charge in [-0.1, -0.05) is 25.1 Å². The van der Waals surface area contributed by atoms with Crippen LogP contribution in [0.5, 0.6) is 11.5 Å². The van der Waals surface area contributed by atoms with E-state index < -0.39 is 58.7 Å². The molecule has 2 unspecified atom stereocenters. The second kappa shape index (κ2) is 10.6. The van der Waals surface area contributed by atoms with Gasteiger partial charge < -0.3 is 13.8 Å². The van der Waals surface area contributed by atoms with Crippen molar-refractivity contribution in [1.29, 1.82) is 0 Å². The standard InChI is InChI=1S/C18H16F5INO5P/c1-3-11(24)28-18(26)9(2)25-31(27,29-10-7-5-4-6-8-10)30-17-15(22)13(20)12(19)14(21)16(17)23/h4-9,11H,3H2,1-2H3,(H,25,27)/t9-,11?,31?/m0/s1. The zero-order valence-corrected chi connectivity index (χ0v) is 19.1. The van der Waals surface area contributed by atoms with Gasteiger partial charge in [-0.05, 0) is 48.1 Å². The van der Waals surface area contributed by atoms with Crippen molar-refractivity contribution in [3.63, 3.8) is 0 Å². The number of hydrogen-bond donors (Lipinski definition) is 1. The predicted octanol–water partition coefficient (Wildman–Crippen LogP) is 5.64. The Bertz CT molecular complexity index is 968. The summed E-state index contributed by atoms with van der Waals surface area (Å²) >= 11 is 1.83. The maximum atomic E-state index is 14.0. The molecule has 2 rings (SSSR count). The number of rotatable bonds is 9. The van der Waals surface area contributed by atoms with E-state index in [1.807, 2.05) is 22.6 Å². The summed E-state index contributed by atoms with van der Waals surface area (Å²) in [6.45, 7) is 2.92. The van der Waals surface area contributed by atoms with Gasteiger partial charge in [-0.3, -0.25) is 4.79 Å². The summed E-state index contributed by atoms with van der Waals surface area (Å²) in [5.41, 5.74) is 0. The molecule has 0 aliphatic carbocycles. The van der Waals surface area contributed by atoms with Crippen LogP contribution in [0.15, 0.2) is 30.3 Å². The Hall–Kier alpha value is -1.92. The highest BCUT2D eigenvalue weighted by molar-refractivity contribution is 14.1. The number of esters is 1. The minimum Gasteiger partial charge on any atom is -0.451 e. The summed E-state index contributed by atoms with van der Waals surface area (Å²) < 4.78 is 95.9. The average molecular weight is 579 g/mol. The van der Waals surface area contributed by atoms with Crippen molar-refractivity contribution in [3.05, 3.63) is 59.4 Å². The number of alkyl halides is 1.